The van der Waals surface area contributed by atoms with E-state index in [4.69, 9.17) is 19.4 Å². The lowest BCUT2D eigenvalue weighted by Gasteiger charge is -2.46. The number of nitrogens with two attached hydrogens (primary N) is 1. The maximum absolute atomic E-state index is 13.4. The van der Waals surface area contributed by atoms with Crippen LogP contribution < -0.4 is 11.1 Å². The molecule has 7 nitrogen and oxygen atoms in total. The molecule has 0 aromatic carbocycles. The molecule has 0 aliphatic rings. The van der Waals surface area contributed by atoms with Crippen LogP contribution in [0.25, 0.3) is 0 Å². The summed E-state index contributed by atoms with van der Waals surface area (Å²) in [7, 11) is 1.67. The van der Waals surface area contributed by atoms with E-state index in [1.165, 1.54) is 12.0 Å². The van der Waals surface area contributed by atoms with Crippen molar-refractivity contribution in [3.63, 3.8) is 0 Å². The van der Waals surface area contributed by atoms with E-state index in [-0.39, 0.29) is 17.0 Å². The van der Waals surface area contributed by atoms with Crippen LogP contribution in [-0.4, -0.2) is 53.6 Å². The molecule has 1 unspecified atom stereocenters. The van der Waals surface area contributed by atoms with Crippen LogP contribution in [0.5, 0.6) is 0 Å². The summed E-state index contributed by atoms with van der Waals surface area (Å²) in [4.78, 5) is 25.4. The molecule has 0 rings (SSSR count). The van der Waals surface area contributed by atoms with Crippen LogP contribution in [0.15, 0.2) is 0 Å². The van der Waals surface area contributed by atoms with E-state index in [1.54, 1.807) is 21.0 Å². The summed E-state index contributed by atoms with van der Waals surface area (Å²) in [6.45, 7) is 24.0. The number of carbonyl (C=O) groups is 2. The van der Waals surface area contributed by atoms with E-state index in [1.807, 2.05) is 41.5 Å². The van der Waals surface area contributed by atoms with Crippen molar-refractivity contribution in [1.29, 1.82) is 0 Å². The van der Waals surface area contributed by atoms with E-state index in [2.05, 4.69) is 33.0 Å². The molecule has 0 aliphatic heterocycles. The van der Waals surface area contributed by atoms with Crippen LogP contribution in [-0.2, 0) is 23.2 Å². The highest BCUT2D eigenvalue weighted by atomic mass is 32.2. The fraction of sp³-hybridized carbons (Fsp3) is 0.926. The molecule has 0 heterocycles. The molecule has 3 N–H and O–H groups in total. The quantitative estimate of drug-likeness (QED) is 0.191. The number of rotatable bonds is 17. The third-order valence-corrected chi connectivity index (χ3v) is 7.99. The Morgan fingerprint density at radius 1 is 0.886 bits per heavy atom. The standard InChI is InChI=1S/C27H54N2O5S/c1-14-27(12,15-17-33-23(4,5)16-18-35-32-13)29-21(31)22(2,3)19-24(6,7)34-26(10,11)25(8,9)20(28)30/h14-19H2,1-13H3,(H2,28,30)(H,29,31). The van der Waals surface area contributed by atoms with Crippen molar-refractivity contribution < 1.29 is 23.2 Å². The topological polar surface area (TPSA) is 99.9 Å². The van der Waals surface area contributed by atoms with Crippen molar-refractivity contribution in [3.8, 4) is 0 Å². The van der Waals surface area contributed by atoms with E-state index in [9.17, 15) is 9.59 Å². The highest BCUT2D eigenvalue weighted by Gasteiger charge is 2.47. The second-order valence-electron chi connectivity index (χ2n) is 12.9. The summed E-state index contributed by atoms with van der Waals surface area (Å²) in [5.41, 5.74) is 1.97. The Morgan fingerprint density at radius 2 is 1.43 bits per heavy atom. The summed E-state index contributed by atoms with van der Waals surface area (Å²) in [6, 6.07) is 0. The van der Waals surface area contributed by atoms with Gasteiger partial charge in [-0.15, -0.1) is 0 Å². The van der Waals surface area contributed by atoms with Crippen LogP contribution in [0.2, 0.25) is 0 Å². The third kappa shape index (κ3) is 11.0. The zero-order valence-corrected chi connectivity index (χ0v) is 25.6. The Kier molecular flexibility index (Phi) is 12.3. The predicted molar refractivity (Wildman–Crippen MR) is 146 cm³/mol. The predicted octanol–water partition coefficient (Wildman–Crippen LogP) is 5.64. The number of ether oxygens (including phenoxy) is 2. The average molecular weight is 519 g/mol. The molecule has 8 heteroatoms. The van der Waals surface area contributed by atoms with E-state index in [0.717, 1.165) is 18.6 Å². The Morgan fingerprint density at radius 3 is 1.89 bits per heavy atom. The van der Waals surface area contributed by atoms with Crippen LogP contribution in [0.4, 0.5) is 0 Å². The first-order valence-corrected chi connectivity index (χ1v) is 13.6. The molecule has 0 aliphatic carbocycles. The van der Waals surface area contributed by atoms with E-state index < -0.39 is 27.9 Å². The molecular formula is C27H54N2O5S. The molecule has 0 fully saturated rings. The normalized spacial score (nSPS) is 15.6. The summed E-state index contributed by atoms with van der Waals surface area (Å²) >= 11 is 1.43. The number of primary amides is 1. The molecule has 0 radical (unpaired) electrons. The van der Waals surface area contributed by atoms with Crippen LogP contribution in [0.3, 0.4) is 0 Å². The molecule has 1 atom stereocenters. The lowest BCUT2D eigenvalue weighted by molar-refractivity contribution is -0.190. The molecule has 0 spiro atoms. The molecule has 0 aromatic rings. The summed E-state index contributed by atoms with van der Waals surface area (Å²) in [6.07, 6.45) is 2.86. The second kappa shape index (κ2) is 12.6. The van der Waals surface area contributed by atoms with Gasteiger partial charge in [0.2, 0.25) is 11.8 Å². The number of amides is 2. The van der Waals surface area contributed by atoms with Gasteiger partial charge < -0.3 is 24.7 Å². The van der Waals surface area contributed by atoms with Crippen molar-refractivity contribution in [2.75, 3.05) is 19.5 Å². The van der Waals surface area contributed by atoms with Gasteiger partial charge in [-0.2, -0.15) is 0 Å². The van der Waals surface area contributed by atoms with Gasteiger partial charge in [-0.05, 0) is 100 Å². The smallest absolute Gasteiger partial charge is 0.226 e. The van der Waals surface area contributed by atoms with Gasteiger partial charge in [-0.25, -0.2) is 0 Å². The fourth-order valence-corrected chi connectivity index (χ4v) is 4.80. The molecular weight excluding hydrogens is 464 g/mol. The lowest BCUT2D eigenvalue weighted by atomic mass is 9.74. The van der Waals surface area contributed by atoms with Crippen molar-refractivity contribution in [2.45, 2.75) is 131 Å². The van der Waals surface area contributed by atoms with E-state index in [0.29, 0.717) is 19.4 Å². The largest absolute Gasteiger partial charge is 0.375 e. The second-order valence-corrected chi connectivity index (χ2v) is 13.9. The number of nitrogens with one attached hydrogen (secondary N) is 1. The van der Waals surface area contributed by atoms with Gasteiger partial charge >= 0.3 is 0 Å². The Balaban J connectivity index is 5.21. The third-order valence-electron chi connectivity index (χ3n) is 7.38. The van der Waals surface area contributed by atoms with Gasteiger partial charge in [-0.1, -0.05) is 20.8 Å². The molecule has 0 saturated carbocycles. The van der Waals surface area contributed by atoms with E-state index >= 15 is 0 Å². The van der Waals surface area contributed by atoms with Gasteiger partial charge in [0.05, 0.1) is 29.3 Å². The van der Waals surface area contributed by atoms with Crippen LogP contribution in [0.1, 0.15) is 109 Å². The zero-order chi connectivity index (χ0) is 27.9. The summed E-state index contributed by atoms with van der Waals surface area (Å²) in [5, 5.41) is 3.28. The van der Waals surface area contributed by atoms with Crippen molar-refractivity contribution in [2.24, 2.45) is 16.6 Å². The molecule has 0 bridgehead atoms. The Hall–Kier alpha value is -0.830. The van der Waals surface area contributed by atoms with Crippen molar-refractivity contribution in [3.05, 3.63) is 0 Å². The van der Waals surface area contributed by atoms with Crippen molar-refractivity contribution in [1.82, 2.24) is 5.32 Å². The highest BCUT2D eigenvalue weighted by molar-refractivity contribution is 7.94. The van der Waals surface area contributed by atoms with Gasteiger partial charge in [0.25, 0.3) is 0 Å². The molecule has 0 saturated heterocycles. The molecule has 35 heavy (non-hydrogen) atoms. The summed E-state index contributed by atoms with van der Waals surface area (Å²) < 4.78 is 17.6. The monoisotopic (exact) mass is 518 g/mol. The first-order valence-electron chi connectivity index (χ1n) is 12.7. The minimum Gasteiger partial charge on any atom is -0.375 e. The number of hydrogen-bond acceptors (Lipinski definition) is 6. The van der Waals surface area contributed by atoms with Gasteiger partial charge in [-0.3, -0.25) is 9.59 Å². The van der Waals surface area contributed by atoms with Crippen molar-refractivity contribution >= 4 is 23.9 Å². The first-order chi connectivity index (χ1) is 15.6. The number of hydrogen-bond donors (Lipinski definition) is 2. The maximum Gasteiger partial charge on any atom is 0.226 e. The minimum absolute atomic E-state index is 0.0266. The maximum atomic E-state index is 13.4. The van der Waals surface area contributed by atoms with Gasteiger partial charge in [0.1, 0.15) is 0 Å². The van der Waals surface area contributed by atoms with Gasteiger partial charge in [0.15, 0.2) is 0 Å². The first kappa shape index (κ1) is 34.2. The average Bonchev–Trinajstić information content (AvgIpc) is 2.65. The summed E-state index contributed by atoms with van der Waals surface area (Å²) in [5.74, 6) is 0.420. The fourth-order valence-electron chi connectivity index (χ4n) is 4.06. The molecule has 0 aromatic heterocycles. The highest BCUT2D eigenvalue weighted by Crippen LogP contribution is 2.40. The Bertz CT molecular complexity index is 704. The minimum atomic E-state index is -0.868. The van der Waals surface area contributed by atoms with Gasteiger partial charge in [0, 0.05) is 23.3 Å². The zero-order valence-electron chi connectivity index (χ0n) is 24.8. The SMILES string of the molecule is CCC(C)(CCOC(C)(C)CCSOC)NC(=O)C(C)(C)CC(C)(C)OC(C)(C)C(C)(C)C(N)=O. The van der Waals surface area contributed by atoms with Crippen LogP contribution >= 0.6 is 12.0 Å². The lowest BCUT2D eigenvalue weighted by Crippen LogP contribution is -2.56. The molecule has 2 amide bonds. The van der Waals surface area contributed by atoms with Crippen LogP contribution in [0, 0.1) is 10.8 Å². The molecule has 208 valence electrons. The Labute approximate surface area is 219 Å². The number of carbonyl (C=O) groups excluding carboxylic acids is 2.